The second kappa shape index (κ2) is 12.0. The fourth-order valence-corrected chi connectivity index (χ4v) is 4.92. The Balaban J connectivity index is 1.55. The minimum absolute atomic E-state index is 0.0126. The molecule has 2 aliphatic rings. The lowest BCUT2D eigenvalue weighted by Crippen LogP contribution is -2.59. The number of ether oxygens (including phenoxy) is 1. The van der Waals surface area contributed by atoms with E-state index >= 15 is 0 Å². The number of nitrogens with zero attached hydrogens (tertiary/aromatic N) is 3. The van der Waals surface area contributed by atoms with Crippen molar-refractivity contribution in [2.75, 3.05) is 23.7 Å². The third-order valence-electron chi connectivity index (χ3n) is 7.11. The number of anilines is 2. The number of carbonyl (C=O) groups is 4. The fraction of sp³-hybridized carbons (Fsp3) is 0.500. The van der Waals surface area contributed by atoms with Crippen molar-refractivity contribution < 1.29 is 32.7 Å². The summed E-state index contributed by atoms with van der Waals surface area (Å²) in [6.07, 6.45) is 2.44. The molecule has 42 heavy (non-hydrogen) atoms. The quantitative estimate of drug-likeness (QED) is 0.478. The molecule has 0 radical (unpaired) electrons. The van der Waals surface area contributed by atoms with Crippen LogP contribution < -0.4 is 10.6 Å². The monoisotopic (exact) mass is 585 g/mol. The molecule has 1 aromatic heterocycles. The highest BCUT2D eigenvalue weighted by Gasteiger charge is 2.40. The molecule has 10 nitrogen and oxygen atoms in total. The van der Waals surface area contributed by atoms with Gasteiger partial charge in [-0.2, -0.15) is 0 Å². The summed E-state index contributed by atoms with van der Waals surface area (Å²) in [5, 5.41) is 5.24. The van der Waals surface area contributed by atoms with Crippen molar-refractivity contribution >= 4 is 35.3 Å². The normalized spacial score (nSPS) is 19.0. The molecule has 2 fully saturated rings. The number of halogens is 2. The van der Waals surface area contributed by atoms with Crippen LogP contribution in [0.25, 0.3) is 0 Å². The lowest BCUT2D eigenvalue weighted by molar-refractivity contribution is -0.152. The molecule has 12 heteroatoms. The Morgan fingerprint density at radius 2 is 1.69 bits per heavy atom. The van der Waals surface area contributed by atoms with Gasteiger partial charge >= 0.3 is 17.9 Å². The summed E-state index contributed by atoms with van der Waals surface area (Å²) >= 11 is 0. The highest BCUT2D eigenvalue weighted by molar-refractivity contribution is 6.39. The highest BCUT2D eigenvalue weighted by atomic mass is 19.2. The number of nitrogens with one attached hydrogen (secondary N) is 2. The number of hydrogen-bond acceptors (Lipinski definition) is 6. The van der Waals surface area contributed by atoms with E-state index in [9.17, 15) is 28.0 Å². The molecule has 1 unspecified atom stereocenters. The Morgan fingerprint density at radius 3 is 2.29 bits per heavy atom. The standard InChI is InChI=1S/C30H37F2N5O5/c1-16(2)27(39)36-15-24(19-9-10-22(31)23(32)11-19)37(14-17(36)3)28(40)26(38)34-20-12-21(18-7-8-18)25(33-13-20)35-29(41)42-30(4,5)6/h9-13,16-18,24H,7-8,14-15H2,1-6H3,(H,34,38)(H,33,35,41)/t17-,24?/m1/s1. The molecular weight excluding hydrogens is 548 g/mol. The largest absolute Gasteiger partial charge is 0.444 e. The second-order valence-electron chi connectivity index (χ2n) is 12.2. The Hall–Kier alpha value is -4.09. The van der Waals surface area contributed by atoms with Crippen LogP contribution in [0.3, 0.4) is 0 Å². The number of carbonyl (C=O) groups excluding carboxylic acids is 4. The molecule has 2 heterocycles. The van der Waals surface area contributed by atoms with Gasteiger partial charge in [-0.15, -0.1) is 0 Å². The number of aromatic nitrogens is 1. The van der Waals surface area contributed by atoms with Gasteiger partial charge in [0.05, 0.1) is 17.9 Å². The maximum atomic E-state index is 14.2. The summed E-state index contributed by atoms with van der Waals surface area (Å²) in [6, 6.07) is 3.65. The molecule has 226 valence electrons. The van der Waals surface area contributed by atoms with Gasteiger partial charge in [-0.05, 0) is 70.2 Å². The zero-order valence-electron chi connectivity index (χ0n) is 24.7. The average Bonchev–Trinajstić information content (AvgIpc) is 3.74. The zero-order chi connectivity index (χ0) is 30.9. The van der Waals surface area contributed by atoms with Crippen LogP contribution in [-0.2, 0) is 19.1 Å². The van der Waals surface area contributed by atoms with Crippen molar-refractivity contribution in [3.63, 3.8) is 0 Å². The van der Waals surface area contributed by atoms with E-state index in [4.69, 9.17) is 4.74 Å². The highest BCUT2D eigenvalue weighted by Crippen LogP contribution is 2.43. The van der Waals surface area contributed by atoms with E-state index < -0.39 is 47.2 Å². The van der Waals surface area contributed by atoms with E-state index in [1.165, 1.54) is 17.2 Å². The molecule has 0 bridgehead atoms. The van der Waals surface area contributed by atoms with Gasteiger partial charge < -0.3 is 19.9 Å². The van der Waals surface area contributed by atoms with E-state index in [-0.39, 0.29) is 42.1 Å². The maximum Gasteiger partial charge on any atom is 0.413 e. The molecule has 1 aliphatic carbocycles. The van der Waals surface area contributed by atoms with Crippen LogP contribution in [0.2, 0.25) is 0 Å². The van der Waals surface area contributed by atoms with Gasteiger partial charge in [0.2, 0.25) is 5.91 Å². The van der Waals surface area contributed by atoms with Crippen LogP contribution in [0.4, 0.5) is 25.1 Å². The molecule has 4 rings (SSSR count). The maximum absolute atomic E-state index is 14.2. The molecule has 0 spiro atoms. The van der Waals surface area contributed by atoms with Crippen LogP contribution in [0.1, 0.15) is 77.5 Å². The first-order valence-electron chi connectivity index (χ1n) is 14.0. The van der Waals surface area contributed by atoms with E-state index in [2.05, 4.69) is 15.6 Å². The first-order chi connectivity index (χ1) is 19.6. The number of amides is 4. The van der Waals surface area contributed by atoms with Gasteiger partial charge in [0.25, 0.3) is 0 Å². The molecule has 4 amide bonds. The summed E-state index contributed by atoms with van der Waals surface area (Å²) in [5.74, 6) is -3.99. The van der Waals surface area contributed by atoms with Crippen LogP contribution in [0.15, 0.2) is 30.5 Å². The van der Waals surface area contributed by atoms with Crippen LogP contribution in [-0.4, -0.2) is 63.3 Å². The molecule has 1 aromatic carbocycles. The predicted molar refractivity (Wildman–Crippen MR) is 152 cm³/mol. The van der Waals surface area contributed by atoms with Crippen molar-refractivity contribution in [1.82, 2.24) is 14.8 Å². The third-order valence-corrected chi connectivity index (χ3v) is 7.11. The third kappa shape index (κ3) is 7.21. The summed E-state index contributed by atoms with van der Waals surface area (Å²) in [5.41, 5.74) is 0.538. The molecule has 1 aliphatic heterocycles. The van der Waals surface area contributed by atoms with Crippen LogP contribution in [0.5, 0.6) is 0 Å². The molecule has 2 N–H and O–H groups in total. The summed E-state index contributed by atoms with van der Waals surface area (Å²) in [7, 11) is 0. The van der Waals surface area contributed by atoms with Crippen molar-refractivity contribution in [1.29, 1.82) is 0 Å². The number of hydrogen-bond donors (Lipinski definition) is 2. The SMILES string of the molecule is CC(C)C(=O)N1CC(c2ccc(F)c(F)c2)N(C(=O)C(=O)Nc2cnc(NC(=O)OC(C)(C)C)c(C3CC3)c2)C[C@H]1C. The smallest absolute Gasteiger partial charge is 0.413 e. The number of pyridine rings is 1. The minimum Gasteiger partial charge on any atom is -0.444 e. The lowest BCUT2D eigenvalue weighted by atomic mass is 9.97. The average molecular weight is 586 g/mol. The van der Waals surface area contributed by atoms with Crippen molar-refractivity contribution in [2.24, 2.45) is 5.92 Å². The fourth-order valence-electron chi connectivity index (χ4n) is 4.92. The van der Waals surface area contributed by atoms with Crippen molar-refractivity contribution in [3.05, 3.63) is 53.2 Å². The predicted octanol–water partition coefficient (Wildman–Crippen LogP) is 4.98. The van der Waals surface area contributed by atoms with E-state index in [0.717, 1.165) is 25.0 Å². The zero-order valence-corrected chi connectivity index (χ0v) is 24.7. The van der Waals surface area contributed by atoms with Gasteiger partial charge in [0, 0.05) is 30.6 Å². The minimum atomic E-state index is -1.09. The van der Waals surface area contributed by atoms with Gasteiger partial charge in [-0.1, -0.05) is 19.9 Å². The van der Waals surface area contributed by atoms with E-state index in [1.807, 2.05) is 0 Å². The number of rotatable bonds is 5. The molecule has 2 atom stereocenters. The van der Waals surface area contributed by atoms with Gasteiger partial charge in [0.1, 0.15) is 11.4 Å². The Kier molecular flexibility index (Phi) is 8.84. The summed E-state index contributed by atoms with van der Waals surface area (Å²) < 4.78 is 33.2. The van der Waals surface area contributed by atoms with E-state index in [0.29, 0.717) is 11.4 Å². The number of benzene rings is 1. The van der Waals surface area contributed by atoms with Crippen molar-refractivity contribution in [3.8, 4) is 0 Å². The van der Waals surface area contributed by atoms with Gasteiger partial charge in [-0.25, -0.2) is 18.6 Å². The van der Waals surface area contributed by atoms with Crippen LogP contribution in [0, 0.1) is 17.6 Å². The number of piperazine rings is 1. The van der Waals surface area contributed by atoms with Crippen LogP contribution >= 0.6 is 0 Å². The topological polar surface area (TPSA) is 121 Å². The van der Waals surface area contributed by atoms with Crippen molar-refractivity contribution in [2.45, 2.75) is 78.0 Å². The molecular formula is C30H37F2N5O5. The lowest BCUT2D eigenvalue weighted by Gasteiger charge is -2.45. The second-order valence-corrected chi connectivity index (χ2v) is 12.2. The Labute approximate surface area is 243 Å². The Bertz CT molecular complexity index is 1390. The first kappa shape index (κ1) is 30.9. The van der Waals surface area contributed by atoms with Gasteiger partial charge in [-0.3, -0.25) is 19.7 Å². The molecule has 1 saturated heterocycles. The Morgan fingerprint density at radius 1 is 1.00 bits per heavy atom. The first-order valence-corrected chi connectivity index (χ1v) is 14.0. The van der Waals surface area contributed by atoms with Gasteiger partial charge in [0.15, 0.2) is 11.6 Å². The summed E-state index contributed by atoms with van der Waals surface area (Å²) in [6.45, 7) is 10.5. The molecule has 1 saturated carbocycles. The molecule has 2 aromatic rings. The van der Waals surface area contributed by atoms with E-state index in [1.54, 1.807) is 52.5 Å². The summed E-state index contributed by atoms with van der Waals surface area (Å²) in [4.78, 5) is 59.1.